The molecule has 2 aromatic rings. The molecule has 160 valence electrons. The second-order valence-electron chi connectivity index (χ2n) is 8.43. The molecule has 8 heteroatoms. The van der Waals surface area contributed by atoms with Crippen LogP contribution < -0.4 is 5.73 Å². The quantitative estimate of drug-likeness (QED) is 0.789. The molecule has 3 aliphatic heterocycles. The van der Waals surface area contributed by atoms with E-state index in [1.165, 1.54) is 10.4 Å². The van der Waals surface area contributed by atoms with Gasteiger partial charge < -0.3 is 25.0 Å². The summed E-state index contributed by atoms with van der Waals surface area (Å²) < 4.78 is 12.1. The number of likely N-dealkylation sites (tertiary alicyclic amines) is 1. The fourth-order valence-electron chi connectivity index (χ4n) is 4.76. The van der Waals surface area contributed by atoms with Crippen molar-refractivity contribution in [3.05, 3.63) is 34.7 Å². The fraction of sp³-hybridized carbons (Fsp3) is 0.545. The number of amides is 1. The molecule has 0 bridgehead atoms. The lowest BCUT2D eigenvalue weighted by molar-refractivity contribution is -0.156. The first kappa shape index (κ1) is 19.9. The molecular formula is C22H28N4O3S. The SMILES string of the molecule is CN1CCOC(C(=O)N2CCC3(CC2)OCCc2sc(-c4cccc(N)n4)cc23)C1. The van der Waals surface area contributed by atoms with Gasteiger partial charge in [-0.3, -0.25) is 4.79 Å². The molecule has 3 aliphatic rings. The molecule has 30 heavy (non-hydrogen) atoms. The number of hydrogen-bond donors (Lipinski definition) is 1. The van der Waals surface area contributed by atoms with E-state index < -0.39 is 0 Å². The lowest BCUT2D eigenvalue weighted by Gasteiger charge is -2.45. The molecule has 1 spiro atoms. The molecule has 0 aromatic carbocycles. The molecule has 5 heterocycles. The minimum atomic E-state index is -0.344. The van der Waals surface area contributed by atoms with Crippen LogP contribution in [0.2, 0.25) is 0 Å². The van der Waals surface area contributed by atoms with Crippen molar-refractivity contribution in [1.29, 1.82) is 0 Å². The van der Waals surface area contributed by atoms with Crippen molar-refractivity contribution >= 4 is 23.1 Å². The first-order chi connectivity index (χ1) is 14.5. The van der Waals surface area contributed by atoms with Gasteiger partial charge in [0.15, 0.2) is 0 Å². The van der Waals surface area contributed by atoms with Gasteiger partial charge in [-0.25, -0.2) is 4.98 Å². The van der Waals surface area contributed by atoms with E-state index in [2.05, 4.69) is 16.0 Å². The van der Waals surface area contributed by atoms with Crippen molar-refractivity contribution in [2.45, 2.75) is 31.0 Å². The number of hydrogen-bond acceptors (Lipinski definition) is 7. The first-order valence-corrected chi connectivity index (χ1v) is 11.4. The topological polar surface area (TPSA) is 80.9 Å². The highest BCUT2D eigenvalue weighted by molar-refractivity contribution is 7.15. The Morgan fingerprint density at radius 2 is 2.10 bits per heavy atom. The molecule has 2 fully saturated rings. The van der Waals surface area contributed by atoms with Crippen molar-refractivity contribution in [3.8, 4) is 10.6 Å². The van der Waals surface area contributed by atoms with E-state index in [0.29, 0.717) is 32.1 Å². The highest BCUT2D eigenvalue weighted by Gasteiger charge is 2.44. The highest BCUT2D eigenvalue weighted by atomic mass is 32.1. The van der Waals surface area contributed by atoms with Gasteiger partial charge in [0.1, 0.15) is 11.9 Å². The van der Waals surface area contributed by atoms with Crippen molar-refractivity contribution in [2.24, 2.45) is 0 Å². The van der Waals surface area contributed by atoms with Crippen LogP contribution in [-0.2, 0) is 26.3 Å². The van der Waals surface area contributed by atoms with Crippen LogP contribution >= 0.6 is 11.3 Å². The van der Waals surface area contributed by atoms with E-state index >= 15 is 0 Å². The molecule has 0 radical (unpaired) electrons. The number of likely N-dealkylation sites (N-methyl/N-ethyl adjacent to an activating group) is 1. The second-order valence-corrected chi connectivity index (χ2v) is 9.57. The van der Waals surface area contributed by atoms with E-state index in [1.54, 1.807) is 11.3 Å². The summed E-state index contributed by atoms with van der Waals surface area (Å²) in [5, 5.41) is 0. The molecule has 1 unspecified atom stereocenters. The fourth-order valence-corrected chi connectivity index (χ4v) is 5.97. The molecule has 0 saturated carbocycles. The Kier molecular flexibility index (Phi) is 5.26. The third-order valence-corrected chi connectivity index (χ3v) is 7.68. The molecule has 1 amide bonds. The Bertz CT molecular complexity index is 938. The molecule has 1 atom stereocenters. The molecular weight excluding hydrogens is 400 g/mol. The number of nitrogen functional groups attached to an aromatic ring is 1. The van der Waals surface area contributed by atoms with E-state index in [0.717, 1.165) is 43.0 Å². The van der Waals surface area contributed by atoms with Gasteiger partial charge in [0.05, 0.1) is 29.4 Å². The van der Waals surface area contributed by atoms with Gasteiger partial charge in [0.2, 0.25) is 0 Å². The van der Waals surface area contributed by atoms with E-state index in [-0.39, 0.29) is 17.6 Å². The van der Waals surface area contributed by atoms with Crippen LogP contribution in [0.15, 0.2) is 24.3 Å². The van der Waals surface area contributed by atoms with Crippen LogP contribution in [0.3, 0.4) is 0 Å². The average Bonchev–Trinajstić information content (AvgIpc) is 3.20. The highest BCUT2D eigenvalue weighted by Crippen LogP contribution is 2.46. The monoisotopic (exact) mass is 428 g/mol. The minimum absolute atomic E-state index is 0.113. The Hall–Kier alpha value is -2.00. The molecule has 2 saturated heterocycles. The zero-order valence-corrected chi connectivity index (χ0v) is 18.1. The zero-order chi connectivity index (χ0) is 20.7. The van der Waals surface area contributed by atoms with E-state index in [9.17, 15) is 4.79 Å². The maximum atomic E-state index is 13.0. The Balaban J connectivity index is 1.33. The number of anilines is 1. The van der Waals surface area contributed by atoms with Crippen LogP contribution in [0.5, 0.6) is 0 Å². The lowest BCUT2D eigenvalue weighted by Crippen LogP contribution is -2.54. The number of ether oxygens (including phenoxy) is 2. The number of thiophene rings is 1. The minimum Gasteiger partial charge on any atom is -0.384 e. The molecule has 2 aromatic heterocycles. The van der Waals surface area contributed by atoms with Gasteiger partial charge in [0, 0.05) is 37.5 Å². The molecule has 7 nitrogen and oxygen atoms in total. The number of piperidine rings is 1. The Morgan fingerprint density at radius 3 is 2.87 bits per heavy atom. The molecule has 2 N–H and O–H groups in total. The predicted molar refractivity (Wildman–Crippen MR) is 116 cm³/mol. The van der Waals surface area contributed by atoms with Crippen molar-refractivity contribution in [3.63, 3.8) is 0 Å². The van der Waals surface area contributed by atoms with Crippen LogP contribution in [0.4, 0.5) is 5.82 Å². The van der Waals surface area contributed by atoms with Crippen molar-refractivity contribution in [1.82, 2.24) is 14.8 Å². The van der Waals surface area contributed by atoms with Crippen LogP contribution in [0, 0.1) is 0 Å². The standard InChI is InChI=1S/C22H28N4O3S/c1-25-10-12-28-17(14-25)21(27)26-8-6-22(7-9-26)15-13-19(30-18(15)5-11-29-22)16-3-2-4-20(23)24-16/h2-4,13,17H,5-12,14H2,1H3,(H2,23,24). The van der Waals surface area contributed by atoms with Gasteiger partial charge in [-0.2, -0.15) is 0 Å². The third kappa shape index (κ3) is 3.62. The summed E-state index contributed by atoms with van der Waals surface area (Å²) in [6, 6.07) is 7.99. The number of nitrogens with zero attached hydrogens (tertiary/aromatic N) is 3. The van der Waals surface area contributed by atoms with Crippen molar-refractivity contribution < 1.29 is 14.3 Å². The van der Waals surface area contributed by atoms with E-state index in [1.807, 2.05) is 30.1 Å². The summed E-state index contributed by atoms with van der Waals surface area (Å²) in [4.78, 5) is 24.1. The van der Waals surface area contributed by atoms with Crippen LogP contribution in [0.1, 0.15) is 23.3 Å². The summed E-state index contributed by atoms with van der Waals surface area (Å²) in [6.45, 7) is 4.29. The summed E-state index contributed by atoms with van der Waals surface area (Å²) in [6.07, 6.45) is 2.21. The molecule has 5 rings (SSSR count). The number of aromatic nitrogens is 1. The van der Waals surface area contributed by atoms with Gasteiger partial charge in [-0.05, 0) is 43.7 Å². The third-order valence-electron chi connectivity index (χ3n) is 6.46. The Morgan fingerprint density at radius 1 is 1.27 bits per heavy atom. The van der Waals surface area contributed by atoms with Gasteiger partial charge in [0.25, 0.3) is 5.91 Å². The second kappa shape index (κ2) is 7.92. The number of carbonyl (C=O) groups is 1. The largest absolute Gasteiger partial charge is 0.384 e. The van der Waals surface area contributed by atoms with Crippen molar-refractivity contribution in [2.75, 3.05) is 52.2 Å². The smallest absolute Gasteiger partial charge is 0.253 e. The number of fused-ring (bicyclic) bond motifs is 2. The molecule has 0 aliphatic carbocycles. The number of pyridine rings is 1. The first-order valence-electron chi connectivity index (χ1n) is 10.6. The summed E-state index contributed by atoms with van der Waals surface area (Å²) in [5.74, 6) is 0.648. The number of nitrogens with two attached hydrogens (primary N) is 1. The normalized spacial score (nSPS) is 24.0. The van der Waals surface area contributed by atoms with Crippen LogP contribution in [0.25, 0.3) is 10.6 Å². The lowest BCUT2D eigenvalue weighted by atomic mass is 9.82. The summed E-state index contributed by atoms with van der Waals surface area (Å²) in [5.41, 5.74) is 7.77. The van der Waals surface area contributed by atoms with Gasteiger partial charge >= 0.3 is 0 Å². The average molecular weight is 429 g/mol. The van der Waals surface area contributed by atoms with Gasteiger partial charge in [-0.15, -0.1) is 11.3 Å². The van der Waals surface area contributed by atoms with Crippen LogP contribution in [-0.4, -0.2) is 73.2 Å². The number of carbonyl (C=O) groups excluding carboxylic acids is 1. The number of rotatable bonds is 2. The summed E-state index contributed by atoms with van der Waals surface area (Å²) in [7, 11) is 2.04. The maximum Gasteiger partial charge on any atom is 0.253 e. The van der Waals surface area contributed by atoms with E-state index in [4.69, 9.17) is 15.2 Å². The van der Waals surface area contributed by atoms with Gasteiger partial charge in [-0.1, -0.05) is 6.07 Å². The Labute approximate surface area is 180 Å². The number of morpholine rings is 1. The summed E-state index contributed by atoms with van der Waals surface area (Å²) >= 11 is 1.79. The zero-order valence-electron chi connectivity index (χ0n) is 17.3. The predicted octanol–water partition coefficient (Wildman–Crippen LogP) is 2.11. The maximum absolute atomic E-state index is 13.0.